The van der Waals surface area contributed by atoms with Crippen molar-refractivity contribution in [3.05, 3.63) is 0 Å². The summed E-state index contributed by atoms with van der Waals surface area (Å²) in [6, 6.07) is 0. The van der Waals surface area contributed by atoms with E-state index in [2.05, 4.69) is 16.2 Å². The van der Waals surface area contributed by atoms with Crippen molar-refractivity contribution >= 4 is 26.4 Å². The molecule has 5 heteroatoms. The Balaban J connectivity index is 2.09. The Morgan fingerprint density at radius 1 is 1.10 bits per heavy atom. The summed E-state index contributed by atoms with van der Waals surface area (Å²) in [6.45, 7) is 4.72. The van der Waals surface area contributed by atoms with E-state index in [-0.39, 0.29) is 0 Å². The third-order valence-corrected chi connectivity index (χ3v) is 20.4. The topological polar surface area (TPSA) is 21.7 Å². The summed E-state index contributed by atoms with van der Waals surface area (Å²) in [5.74, 6) is 1.89. The Morgan fingerprint density at radius 3 is 2.35 bits per heavy atom. The molecular formula is C15H32INO2S. The second-order valence-electron chi connectivity index (χ2n) is 5.95. The fourth-order valence-corrected chi connectivity index (χ4v) is 17.8. The van der Waals surface area contributed by atoms with E-state index in [1.54, 1.807) is 0 Å². The summed E-state index contributed by atoms with van der Waals surface area (Å²) in [6.07, 6.45) is 8.40. The molecule has 122 valence electrons. The van der Waals surface area contributed by atoms with E-state index in [9.17, 15) is 0 Å². The van der Waals surface area contributed by atoms with Gasteiger partial charge in [-0.25, -0.2) is 0 Å². The summed E-state index contributed by atoms with van der Waals surface area (Å²) >= 11 is -1.20. The first-order chi connectivity index (χ1) is 9.67. The van der Waals surface area contributed by atoms with Crippen molar-refractivity contribution in [2.75, 3.05) is 36.7 Å². The van der Waals surface area contributed by atoms with Crippen LogP contribution in [0.2, 0.25) is 0 Å². The van der Waals surface area contributed by atoms with Crippen LogP contribution in [0.25, 0.3) is 0 Å². The second kappa shape index (κ2) is 7.99. The first-order valence-electron chi connectivity index (χ1n) is 7.94. The first kappa shape index (κ1) is 17.3. The molecule has 1 aliphatic heterocycles. The number of hydrogen-bond donors (Lipinski definition) is 0. The monoisotopic (exact) mass is 417 g/mol. The van der Waals surface area contributed by atoms with Crippen molar-refractivity contribution in [2.45, 2.75) is 45.4 Å². The summed E-state index contributed by atoms with van der Waals surface area (Å²) < 4.78 is 16.1. The van der Waals surface area contributed by atoms with E-state index in [1.165, 1.54) is 56.0 Å². The van der Waals surface area contributed by atoms with Gasteiger partial charge in [0.15, 0.2) is 0 Å². The molecule has 3 nitrogen and oxygen atoms in total. The van der Waals surface area contributed by atoms with Crippen LogP contribution in [-0.4, -0.2) is 41.0 Å². The zero-order valence-corrected chi connectivity index (χ0v) is 16.5. The molecule has 1 saturated carbocycles. The van der Waals surface area contributed by atoms with E-state index in [0.29, 0.717) is 0 Å². The Morgan fingerprint density at radius 2 is 1.75 bits per heavy atom. The van der Waals surface area contributed by atoms with Gasteiger partial charge in [-0.2, -0.15) is 0 Å². The van der Waals surface area contributed by atoms with Crippen LogP contribution < -0.4 is 0 Å². The summed E-state index contributed by atoms with van der Waals surface area (Å²) in [7, 11) is 2.39. The summed E-state index contributed by atoms with van der Waals surface area (Å²) in [5, 5.41) is 0. The van der Waals surface area contributed by atoms with Gasteiger partial charge in [0.1, 0.15) is 0 Å². The number of alkyl halides is 2. The number of rotatable bonds is 6. The summed E-state index contributed by atoms with van der Waals surface area (Å²) in [4.78, 5) is 2.46. The molecule has 0 aromatic carbocycles. The SMILES string of the molecule is CCCI(C)S(OC)(OC)N1CCC2CCCCC2C1. The number of halogens is 1. The number of piperidine rings is 1. The molecule has 2 unspecified atom stereocenters. The van der Waals surface area contributed by atoms with Gasteiger partial charge in [0.05, 0.1) is 0 Å². The molecule has 0 amide bonds. The van der Waals surface area contributed by atoms with Gasteiger partial charge in [-0.1, -0.05) is 0 Å². The van der Waals surface area contributed by atoms with Crippen LogP contribution in [0.5, 0.6) is 0 Å². The molecule has 2 aliphatic rings. The van der Waals surface area contributed by atoms with Crippen molar-refractivity contribution in [1.29, 1.82) is 0 Å². The molecular weight excluding hydrogens is 385 g/mol. The van der Waals surface area contributed by atoms with Crippen LogP contribution >= 0.6 is 26.4 Å². The molecule has 2 atom stereocenters. The normalized spacial score (nSPS) is 29.9. The van der Waals surface area contributed by atoms with E-state index in [1.807, 2.05) is 14.2 Å². The third kappa shape index (κ3) is 3.47. The van der Waals surface area contributed by atoms with Crippen molar-refractivity contribution in [2.24, 2.45) is 11.8 Å². The third-order valence-electron chi connectivity index (χ3n) is 4.76. The van der Waals surface area contributed by atoms with E-state index >= 15 is 0 Å². The quantitative estimate of drug-likeness (QED) is 0.458. The molecule has 0 bridgehead atoms. The van der Waals surface area contributed by atoms with Gasteiger partial charge in [-0.15, -0.1) is 0 Å². The van der Waals surface area contributed by atoms with Crippen molar-refractivity contribution < 1.29 is 8.37 Å². The molecule has 2 rings (SSSR count). The summed E-state index contributed by atoms with van der Waals surface area (Å²) in [5.41, 5.74) is 0. The molecule has 0 spiro atoms. The van der Waals surface area contributed by atoms with Crippen molar-refractivity contribution in [3.8, 4) is 0 Å². The Hall–Kier alpha value is 0.960. The van der Waals surface area contributed by atoms with Crippen LogP contribution in [-0.2, 0) is 8.37 Å². The molecule has 1 aliphatic carbocycles. The molecule has 1 heterocycles. The maximum atomic E-state index is 6.08. The number of hydrogen-bond acceptors (Lipinski definition) is 3. The minimum atomic E-state index is -1.38. The van der Waals surface area contributed by atoms with Gasteiger partial charge in [-0.3, -0.25) is 0 Å². The van der Waals surface area contributed by atoms with Gasteiger partial charge >= 0.3 is 133 Å². The first-order valence-corrected chi connectivity index (χ1v) is 15.6. The average molecular weight is 417 g/mol. The Kier molecular flexibility index (Phi) is 6.92. The molecule has 20 heavy (non-hydrogen) atoms. The zero-order valence-electron chi connectivity index (χ0n) is 13.6. The predicted molar refractivity (Wildman–Crippen MR) is 98.3 cm³/mol. The number of nitrogens with zero attached hydrogens (tertiary/aromatic N) is 1. The molecule has 0 aromatic rings. The van der Waals surface area contributed by atoms with Crippen LogP contribution in [0.3, 0.4) is 0 Å². The van der Waals surface area contributed by atoms with Crippen LogP contribution in [0, 0.1) is 11.8 Å². The molecule has 2 fully saturated rings. The van der Waals surface area contributed by atoms with Gasteiger partial charge in [-0.05, 0) is 0 Å². The second-order valence-corrected chi connectivity index (χ2v) is 18.9. The van der Waals surface area contributed by atoms with Crippen LogP contribution in [0.15, 0.2) is 0 Å². The minimum absolute atomic E-state index is 0.903. The van der Waals surface area contributed by atoms with Gasteiger partial charge in [0.2, 0.25) is 0 Å². The zero-order chi connectivity index (χ0) is 14.6. The maximum absolute atomic E-state index is 6.08. The fourth-order valence-electron chi connectivity index (χ4n) is 3.79. The molecule has 1 saturated heterocycles. The fraction of sp³-hybridized carbons (Fsp3) is 1.00. The Labute approximate surface area is 132 Å². The van der Waals surface area contributed by atoms with Crippen molar-refractivity contribution in [1.82, 2.24) is 4.31 Å². The molecule has 0 N–H and O–H groups in total. The molecule has 0 aromatic heterocycles. The van der Waals surface area contributed by atoms with Gasteiger partial charge in [0.25, 0.3) is 0 Å². The van der Waals surface area contributed by atoms with E-state index in [4.69, 9.17) is 8.37 Å². The van der Waals surface area contributed by atoms with Crippen LogP contribution in [0.1, 0.15) is 45.4 Å². The van der Waals surface area contributed by atoms with Crippen LogP contribution in [0.4, 0.5) is 0 Å². The average Bonchev–Trinajstić information content (AvgIpc) is 2.49. The number of fused-ring (bicyclic) bond motifs is 1. The van der Waals surface area contributed by atoms with Gasteiger partial charge < -0.3 is 0 Å². The van der Waals surface area contributed by atoms with Gasteiger partial charge in [0, 0.05) is 0 Å². The van der Waals surface area contributed by atoms with Crippen molar-refractivity contribution in [3.63, 3.8) is 0 Å². The van der Waals surface area contributed by atoms with E-state index < -0.39 is 26.4 Å². The predicted octanol–water partition coefficient (Wildman–Crippen LogP) is 4.80. The Bertz CT molecular complexity index is 302. The van der Waals surface area contributed by atoms with E-state index in [0.717, 1.165) is 11.8 Å². The standard InChI is InChI=1S/C15H32INO2S/c1-5-11-16(2)20(18-3,19-4)17-12-10-14-8-6-7-9-15(14)13-17/h14-15H,5-13H2,1-4H3. The molecule has 0 radical (unpaired) electrons.